The number of carbonyl (C=O) groups is 1. The summed E-state index contributed by atoms with van der Waals surface area (Å²) in [4.78, 5) is 24.8. The van der Waals surface area contributed by atoms with E-state index in [0.29, 0.717) is 29.1 Å². The third-order valence-electron chi connectivity index (χ3n) is 4.66. The summed E-state index contributed by atoms with van der Waals surface area (Å²) in [6, 6.07) is 10.6. The smallest absolute Gasteiger partial charge is 0.347 e. The van der Waals surface area contributed by atoms with Gasteiger partial charge in [0.1, 0.15) is 23.3 Å². The number of fused-ring (bicyclic) bond motifs is 1. The molecule has 1 aromatic heterocycles. The Kier molecular flexibility index (Phi) is 6.77. The molecule has 6 heteroatoms. The van der Waals surface area contributed by atoms with E-state index in [1.54, 1.807) is 25.1 Å². The first-order chi connectivity index (χ1) is 14.4. The first kappa shape index (κ1) is 21.4. The van der Waals surface area contributed by atoms with Gasteiger partial charge >= 0.3 is 5.97 Å². The highest BCUT2D eigenvalue weighted by Crippen LogP contribution is 2.27. The molecule has 0 saturated heterocycles. The molecule has 3 rings (SSSR count). The van der Waals surface area contributed by atoms with Crippen molar-refractivity contribution in [3.05, 3.63) is 64.0 Å². The molecule has 0 aliphatic heterocycles. The summed E-state index contributed by atoms with van der Waals surface area (Å²) in [5.41, 5.74) is 2.02. The molecule has 30 heavy (non-hydrogen) atoms. The summed E-state index contributed by atoms with van der Waals surface area (Å²) in [7, 11) is 0. The Hall–Kier alpha value is -3.28. The molecule has 2 aromatic carbocycles. The maximum atomic E-state index is 12.8. The van der Waals surface area contributed by atoms with Crippen LogP contribution in [0.2, 0.25) is 0 Å². The number of aryl methyl sites for hydroxylation is 2. The van der Waals surface area contributed by atoms with Gasteiger partial charge in [0.15, 0.2) is 6.10 Å². The summed E-state index contributed by atoms with van der Waals surface area (Å²) in [6.45, 7) is 7.89. The zero-order chi connectivity index (χ0) is 21.7. The van der Waals surface area contributed by atoms with Crippen LogP contribution < -0.4 is 14.9 Å². The number of hydrogen-bond acceptors (Lipinski definition) is 6. The predicted octanol–water partition coefficient (Wildman–Crippen LogP) is 5.31. The Morgan fingerprint density at radius 3 is 2.67 bits per heavy atom. The summed E-state index contributed by atoms with van der Waals surface area (Å²) < 4.78 is 22.2. The molecule has 3 aromatic rings. The van der Waals surface area contributed by atoms with Crippen molar-refractivity contribution in [3.8, 4) is 17.2 Å². The van der Waals surface area contributed by atoms with Crippen LogP contribution in [-0.2, 0) is 9.53 Å². The zero-order valence-corrected chi connectivity index (χ0v) is 17.7. The van der Waals surface area contributed by atoms with E-state index in [9.17, 15) is 9.59 Å². The van der Waals surface area contributed by atoms with Gasteiger partial charge in [0.2, 0.25) is 11.2 Å². The largest absolute Gasteiger partial charge is 0.479 e. The van der Waals surface area contributed by atoms with Crippen LogP contribution in [0.3, 0.4) is 0 Å². The lowest BCUT2D eigenvalue weighted by molar-refractivity contribution is -0.151. The number of rotatable bonds is 8. The van der Waals surface area contributed by atoms with Crippen molar-refractivity contribution >= 4 is 16.9 Å². The van der Waals surface area contributed by atoms with Gasteiger partial charge in [0.25, 0.3) is 0 Å². The lowest BCUT2D eigenvalue weighted by Gasteiger charge is -2.14. The van der Waals surface area contributed by atoms with Gasteiger partial charge in [0, 0.05) is 6.07 Å². The Morgan fingerprint density at radius 2 is 1.90 bits per heavy atom. The Morgan fingerprint density at radius 1 is 1.10 bits per heavy atom. The van der Waals surface area contributed by atoms with Gasteiger partial charge in [-0.05, 0) is 56.5 Å². The average Bonchev–Trinajstić information content (AvgIpc) is 2.72. The van der Waals surface area contributed by atoms with Crippen molar-refractivity contribution in [3.63, 3.8) is 0 Å². The monoisotopic (exact) mass is 410 g/mol. The van der Waals surface area contributed by atoms with E-state index in [2.05, 4.69) is 0 Å². The van der Waals surface area contributed by atoms with Gasteiger partial charge in [-0.3, -0.25) is 4.79 Å². The minimum atomic E-state index is -0.766. The molecule has 0 aliphatic rings. The second kappa shape index (κ2) is 9.48. The van der Waals surface area contributed by atoms with Crippen LogP contribution in [0.15, 0.2) is 51.9 Å². The van der Waals surface area contributed by atoms with Crippen LogP contribution in [0, 0.1) is 13.8 Å². The molecule has 0 fully saturated rings. The first-order valence-corrected chi connectivity index (χ1v) is 10.0. The fourth-order valence-electron chi connectivity index (χ4n) is 2.86. The van der Waals surface area contributed by atoms with Crippen molar-refractivity contribution in [2.45, 2.75) is 46.6 Å². The molecule has 0 radical (unpaired) electrons. The average molecular weight is 410 g/mol. The molecule has 6 nitrogen and oxygen atoms in total. The second-order valence-corrected chi connectivity index (χ2v) is 7.24. The topological polar surface area (TPSA) is 75.0 Å². The van der Waals surface area contributed by atoms with Crippen LogP contribution in [0.4, 0.5) is 0 Å². The van der Waals surface area contributed by atoms with Crippen LogP contribution in [0.25, 0.3) is 11.0 Å². The van der Waals surface area contributed by atoms with Crippen LogP contribution in [0.1, 0.15) is 37.8 Å². The number of hydrogen-bond donors (Lipinski definition) is 0. The molecule has 158 valence electrons. The van der Waals surface area contributed by atoms with Crippen LogP contribution >= 0.6 is 0 Å². The molecule has 0 spiro atoms. The Bertz CT molecular complexity index is 1100. The lowest BCUT2D eigenvalue weighted by atomic mass is 10.1. The Labute approximate surface area is 175 Å². The van der Waals surface area contributed by atoms with E-state index in [4.69, 9.17) is 18.6 Å². The summed E-state index contributed by atoms with van der Waals surface area (Å²) in [5.74, 6) is 0.700. The number of ether oxygens (including phenoxy) is 3. The molecule has 0 aliphatic carbocycles. The number of benzene rings is 2. The van der Waals surface area contributed by atoms with Crippen LogP contribution in [0.5, 0.6) is 17.2 Å². The van der Waals surface area contributed by atoms with E-state index in [1.165, 1.54) is 6.26 Å². The van der Waals surface area contributed by atoms with E-state index in [-0.39, 0.29) is 11.2 Å². The highest BCUT2D eigenvalue weighted by atomic mass is 16.6. The van der Waals surface area contributed by atoms with Gasteiger partial charge in [-0.2, -0.15) is 0 Å². The fraction of sp³-hybridized carbons (Fsp3) is 0.333. The molecular formula is C24H26O6. The Balaban J connectivity index is 1.78. The molecular weight excluding hydrogens is 384 g/mol. The minimum Gasteiger partial charge on any atom is -0.479 e. The van der Waals surface area contributed by atoms with E-state index < -0.39 is 12.1 Å². The van der Waals surface area contributed by atoms with Gasteiger partial charge in [-0.15, -0.1) is 0 Å². The van der Waals surface area contributed by atoms with Gasteiger partial charge in [-0.1, -0.05) is 25.5 Å². The third-order valence-corrected chi connectivity index (χ3v) is 4.66. The molecule has 0 bridgehead atoms. The number of esters is 1. The molecule has 1 heterocycles. The standard InChI is InChI=1S/C24H26O6/c1-5-6-11-27-24(26)17(4)29-18-9-10-19-21(13-18)28-14-22(23(19)25)30-20-12-15(2)7-8-16(20)3/h7-10,12-14,17H,5-6,11H2,1-4H3. The molecule has 1 unspecified atom stereocenters. The van der Waals surface area contributed by atoms with Gasteiger partial charge in [-0.25, -0.2) is 4.79 Å². The van der Waals surface area contributed by atoms with Crippen LogP contribution in [-0.4, -0.2) is 18.7 Å². The van der Waals surface area contributed by atoms with E-state index in [0.717, 1.165) is 24.0 Å². The minimum absolute atomic E-state index is 0.109. The maximum Gasteiger partial charge on any atom is 0.347 e. The normalized spacial score (nSPS) is 11.9. The lowest BCUT2D eigenvalue weighted by Crippen LogP contribution is -2.26. The fourth-order valence-corrected chi connectivity index (χ4v) is 2.86. The zero-order valence-electron chi connectivity index (χ0n) is 17.7. The molecule has 1 atom stereocenters. The molecule has 0 saturated carbocycles. The van der Waals surface area contributed by atoms with Crippen molar-refractivity contribution in [2.24, 2.45) is 0 Å². The molecule has 0 amide bonds. The first-order valence-electron chi connectivity index (χ1n) is 10.0. The third kappa shape index (κ3) is 5.00. The summed E-state index contributed by atoms with van der Waals surface area (Å²) in [5, 5.41) is 0.364. The van der Waals surface area contributed by atoms with Gasteiger partial charge in [0.05, 0.1) is 12.0 Å². The number of carbonyl (C=O) groups excluding carboxylic acids is 1. The predicted molar refractivity (Wildman–Crippen MR) is 114 cm³/mol. The van der Waals surface area contributed by atoms with E-state index in [1.807, 2.05) is 39.0 Å². The van der Waals surface area contributed by atoms with Crippen molar-refractivity contribution in [2.75, 3.05) is 6.61 Å². The highest BCUT2D eigenvalue weighted by Gasteiger charge is 2.17. The van der Waals surface area contributed by atoms with Gasteiger partial charge < -0.3 is 18.6 Å². The maximum absolute atomic E-state index is 12.8. The highest BCUT2D eigenvalue weighted by molar-refractivity contribution is 5.79. The summed E-state index contributed by atoms with van der Waals surface area (Å²) in [6.07, 6.45) is 2.28. The quantitative estimate of drug-likeness (QED) is 0.370. The SMILES string of the molecule is CCCCOC(=O)C(C)Oc1ccc2c(=O)c(Oc3cc(C)ccc3C)coc2c1. The number of unbranched alkanes of at least 4 members (excludes halogenated alkanes) is 1. The van der Waals surface area contributed by atoms with E-state index >= 15 is 0 Å². The summed E-state index contributed by atoms with van der Waals surface area (Å²) >= 11 is 0. The van der Waals surface area contributed by atoms with Crippen molar-refractivity contribution < 1.29 is 23.4 Å². The molecule has 0 N–H and O–H groups in total. The van der Waals surface area contributed by atoms with Crippen molar-refractivity contribution in [1.82, 2.24) is 0 Å². The van der Waals surface area contributed by atoms with Crippen molar-refractivity contribution in [1.29, 1.82) is 0 Å². The second-order valence-electron chi connectivity index (χ2n) is 7.24.